The maximum atomic E-state index is 12.8. The van der Waals surface area contributed by atoms with Gasteiger partial charge in [0.15, 0.2) is 0 Å². The summed E-state index contributed by atoms with van der Waals surface area (Å²) in [4.78, 5) is 0. The zero-order valence-electron chi connectivity index (χ0n) is 7.93. The van der Waals surface area contributed by atoms with Crippen LogP contribution in [0.4, 0.5) is 8.78 Å². The lowest BCUT2D eigenvalue weighted by molar-refractivity contribution is -0.0113. The third-order valence-electron chi connectivity index (χ3n) is 2.55. The lowest BCUT2D eigenvalue weighted by atomic mass is 9.86. The molecule has 0 spiro atoms. The summed E-state index contributed by atoms with van der Waals surface area (Å²) in [7, 11) is 0. The maximum Gasteiger partial charge on any atom is 0.245 e. The van der Waals surface area contributed by atoms with Crippen LogP contribution in [-0.4, -0.2) is 24.0 Å². The SMILES string of the molecule is CC(F)(F)CC1CCSCC1CN. The standard InChI is InChI=1S/C9H17F2NS/c1-9(10,11)4-7-2-3-13-6-8(7)5-12/h7-8H,2-6,12H2,1H3. The molecule has 13 heavy (non-hydrogen) atoms. The van der Waals surface area contributed by atoms with E-state index in [1.165, 1.54) is 0 Å². The average Bonchev–Trinajstić information content (AvgIpc) is 2.02. The van der Waals surface area contributed by atoms with E-state index in [0.717, 1.165) is 24.9 Å². The van der Waals surface area contributed by atoms with Crippen molar-refractivity contribution in [1.82, 2.24) is 0 Å². The van der Waals surface area contributed by atoms with E-state index < -0.39 is 5.92 Å². The summed E-state index contributed by atoms with van der Waals surface area (Å²) < 4.78 is 25.5. The van der Waals surface area contributed by atoms with Crippen LogP contribution in [0.1, 0.15) is 19.8 Å². The van der Waals surface area contributed by atoms with Gasteiger partial charge >= 0.3 is 0 Å². The van der Waals surface area contributed by atoms with E-state index in [0.29, 0.717) is 12.5 Å². The quantitative estimate of drug-likeness (QED) is 0.772. The molecule has 0 aromatic rings. The molecular formula is C9H17F2NS. The van der Waals surface area contributed by atoms with E-state index in [2.05, 4.69) is 0 Å². The molecule has 0 radical (unpaired) electrons. The van der Waals surface area contributed by atoms with Crippen LogP contribution in [-0.2, 0) is 0 Å². The number of rotatable bonds is 3. The van der Waals surface area contributed by atoms with Crippen LogP contribution in [0, 0.1) is 11.8 Å². The molecule has 1 aliphatic rings. The van der Waals surface area contributed by atoms with Gasteiger partial charge in [-0.15, -0.1) is 0 Å². The summed E-state index contributed by atoms with van der Waals surface area (Å²) >= 11 is 1.83. The van der Waals surface area contributed by atoms with Crippen molar-refractivity contribution in [1.29, 1.82) is 0 Å². The molecule has 1 fully saturated rings. The predicted octanol–water partition coefficient (Wildman–Crippen LogP) is 2.36. The third kappa shape index (κ3) is 3.81. The summed E-state index contributed by atoms with van der Waals surface area (Å²) in [6, 6.07) is 0. The summed E-state index contributed by atoms with van der Waals surface area (Å²) in [5.74, 6) is -0.134. The van der Waals surface area contributed by atoms with Crippen LogP contribution in [0.25, 0.3) is 0 Å². The van der Waals surface area contributed by atoms with Crippen molar-refractivity contribution < 1.29 is 8.78 Å². The molecule has 4 heteroatoms. The van der Waals surface area contributed by atoms with Gasteiger partial charge in [0.25, 0.3) is 0 Å². The lowest BCUT2D eigenvalue weighted by Gasteiger charge is -2.31. The van der Waals surface area contributed by atoms with Gasteiger partial charge in [0.2, 0.25) is 5.92 Å². The fraction of sp³-hybridized carbons (Fsp3) is 1.00. The van der Waals surface area contributed by atoms with Crippen LogP contribution < -0.4 is 5.73 Å². The zero-order chi connectivity index (χ0) is 9.90. The minimum atomic E-state index is -2.53. The Kier molecular flexibility index (Phi) is 3.98. The number of hydrogen-bond donors (Lipinski definition) is 1. The number of halogens is 2. The van der Waals surface area contributed by atoms with Gasteiger partial charge in [0.1, 0.15) is 0 Å². The van der Waals surface area contributed by atoms with Crippen molar-refractivity contribution in [3.05, 3.63) is 0 Å². The zero-order valence-corrected chi connectivity index (χ0v) is 8.75. The molecule has 0 aliphatic carbocycles. The maximum absolute atomic E-state index is 12.8. The van der Waals surface area contributed by atoms with Crippen molar-refractivity contribution >= 4 is 11.8 Å². The molecule has 0 saturated carbocycles. The smallest absolute Gasteiger partial charge is 0.245 e. The molecule has 2 unspecified atom stereocenters. The van der Waals surface area contributed by atoms with Crippen molar-refractivity contribution in [2.75, 3.05) is 18.1 Å². The van der Waals surface area contributed by atoms with Crippen molar-refractivity contribution in [2.45, 2.75) is 25.7 Å². The normalized spacial score (nSPS) is 30.5. The van der Waals surface area contributed by atoms with Crippen LogP contribution in [0.2, 0.25) is 0 Å². The van der Waals surface area contributed by atoms with E-state index in [-0.39, 0.29) is 12.3 Å². The minimum Gasteiger partial charge on any atom is -0.330 e. The van der Waals surface area contributed by atoms with E-state index >= 15 is 0 Å². The molecule has 1 rings (SSSR count). The first-order chi connectivity index (χ1) is 6.03. The highest BCUT2D eigenvalue weighted by Crippen LogP contribution is 2.35. The summed E-state index contributed by atoms with van der Waals surface area (Å²) in [6.45, 7) is 1.55. The molecule has 0 amide bonds. The second-order valence-corrected chi connectivity index (χ2v) is 5.04. The minimum absolute atomic E-state index is 0.00935. The van der Waals surface area contributed by atoms with Crippen molar-refractivity contribution in [2.24, 2.45) is 17.6 Å². The summed E-state index contributed by atoms with van der Waals surface area (Å²) in [5.41, 5.74) is 5.55. The van der Waals surface area contributed by atoms with Gasteiger partial charge in [-0.1, -0.05) is 0 Å². The van der Waals surface area contributed by atoms with Crippen molar-refractivity contribution in [3.63, 3.8) is 0 Å². The first kappa shape index (κ1) is 11.2. The average molecular weight is 209 g/mol. The molecule has 1 saturated heterocycles. The lowest BCUT2D eigenvalue weighted by Crippen LogP contribution is -2.33. The first-order valence-electron chi connectivity index (χ1n) is 4.68. The predicted molar refractivity (Wildman–Crippen MR) is 53.2 cm³/mol. The van der Waals surface area contributed by atoms with E-state index in [9.17, 15) is 8.78 Å². The van der Waals surface area contributed by atoms with Gasteiger partial charge in [-0.25, -0.2) is 8.78 Å². The van der Waals surface area contributed by atoms with Gasteiger partial charge in [0, 0.05) is 6.42 Å². The number of alkyl halides is 2. The number of thioether (sulfide) groups is 1. The highest BCUT2D eigenvalue weighted by molar-refractivity contribution is 7.99. The van der Waals surface area contributed by atoms with Crippen molar-refractivity contribution in [3.8, 4) is 0 Å². The molecule has 2 N–H and O–H groups in total. The van der Waals surface area contributed by atoms with Gasteiger partial charge in [0.05, 0.1) is 0 Å². The Balaban J connectivity index is 2.45. The van der Waals surface area contributed by atoms with Gasteiger partial charge in [-0.2, -0.15) is 11.8 Å². The van der Waals surface area contributed by atoms with Gasteiger partial charge < -0.3 is 5.73 Å². The topological polar surface area (TPSA) is 26.0 Å². The van der Waals surface area contributed by atoms with Crippen LogP contribution in [0.3, 0.4) is 0 Å². The highest BCUT2D eigenvalue weighted by atomic mass is 32.2. The molecule has 0 bridgehead atoms. The summed E-state index contributed by atoms with van der Waals surface area (Å²) in [6.07, 6.45) is 0.908. The molecule has 2 atom stereocenters. The molecule has 0 aromatic heterocycles. The Morgan fingerprint density at radius 2 is 2.15 bits per heavy atom. The van der Waals surface area contributed by atoms with Gasteiger partial charge in [-0.05, 0) is 43.2 Å². The molecular weight excluding hydrogens is 192 g/mol. The Bertz CT molecular complexity index is 158. The molecule has 1 heterocycles. The van der Waals surface area contributed by atoms with E-state index in [1.807, 2.05) is 11.8 Å². The molecule has 78 valence electrons. The van der Waals surface area contributed by atoms with E-state index in [1.54, 1.807) is 0 Å². The second-order valence-electron chi connectivity index (χ2n) is 3.89. The second kappa shape index (κ2) is 4.60. The Morgan fingerprint density at radius 1 is 1.46 bits per heavy atom. The molecule has 0 aromatic carbocycles. The molecule has 1 nitrogen and oxygen atoms in total. The number of nitrogens with two attached hydrogens (primary N) is 1. The Hall–Kier alpha value is 0.170. The van der Waals surface area contributed by atoms with E-state index in [4.69, 9.17) is 5.73 Å². The molecule has 1 aliphatic heterocycles. The van der Waals surface area contributed by atoms with Crippen LogP contribution in [0.5, 0.6) is 0 Å². The van der Waals surface area contributed by atoms with Gasteiger partial charge in [-0.3, -0.25) is 0 Å². The fourth-order valence-corrected chi connectivity index (χ4v) is 3.18. The number of hydrogen-bond acceptors (Lipinski definition) is 2. The fourth-order valence-electron chi connectivity index (χ4n) is 1.83. The van der Waals surface area contributed by atoms with Crippen LogP contribution in [0.15, 0.2) is 0 Å². The Labute approximate surface area is 82.4 Å². The third-order valence-corrected chi connectivity index (χ3v) is 3.74. The highest BCUT2D eigenvalue weighted by Gasteiger charge is 2.32. The Morgan fingerprint density at radius 3 is 2.69 bits per heavy atom. The van der Waals surface area contributed by atoms with Crippen LogP contribution >= 0.6 is 11.8 Å². The largest absolute Gasteiger partial charge is 0.330 e. The summed E-state index contributed by atoms with van der Waals surface area (Å²) in [5, 5.41) is 0. The first-order valence-corrected chi connectivity index (χ1v) is 5.84. The monoisotopic (exact) mass is 209 g/mol.